The third kappa shape index (κ3) is 5.12. The first-order valence-corrected chi connectivity index (χ1v) is 10.5. The molecule has 2 aliphatic heterocycles. The molecular weight excluding hydrogens is 439 g/mol. The molecule has 2 aliphatic rings. The molecule has 0 aromatic heterocycles. The van der Waals surface area contributed by atoms with Gasteiger partial charge in [-0.05, 0) is 37.6 Å². The molecule has 2 saturated heterocycles. The van der Waals surface area contributed by atoms with Crippen molar-refractivity contribution in [2.24, 2.45) is 0 Å². The van der Waals surface area contributed by atoms with Crippen molar-refractivity contribution in [1.82, 2.24) is 9.21 Å². The smallest absolute Gasteiger partial charge is 0.410 e. The summed E-state index contributed by atoms with van der Waals surface area (Å²) in [5.41, 5.74) is 0. The molecule has 2 fully saturated rings. The predicted octanol–water partition coefficient (Wildman–Crippen LogP) is 3.22. The molecule has 1 amide bonds. The Morgan fingerprint density at radius 3 is 2.30 bits per heavy atom. The number of rotatable bonds is 3. The molecule has 1 unspecified atom stereocenters. The average Bonchev–Trinajstić information content (AvgIpc) is 2.87. The van der Waals surface area contributed by atoms with Gasteiger partial charge in [-0.3, -0.25) is 0 Å². The summed E-state index contributed by atoms with van der Waals surface area (Å²) in [7, 11) is -3.73. The van der Waals surface area contributed by atoms with Crippen LogP contribution in [0.4, 0.5) is 26.7 Å². The molecule has 168 valence electrons. The van der Waals surface area contributed by atoms with Crippen molar-refractivity contribution in [1.29, 1.82) is 0 Å². The largest absolute Gasteiger partial charge is 0.573 e. The van der Waals surface area contributed by atoms with Crippen LogP contribution in [0, 0.1) is 0 Å². The van der Waals surface area contributed by atoms with Gasteiger partial charge in [0.15, 0.2) is 0 Å². The lowest BCUT2D eigenvalue weighted by Crippen LogP contribution is -2.57. The van der Waals surface area contributed by atoms with Crippen molar-refractivity contribution in [2.45, 2.75) is 43.3 Å². The molecule has 7 nitrogen and oxygen atoms in total. The number of amides is 1. The van der Waals surface area contributed by atoms with Gasteiger partial charge in [-0.25, -0.2) is 22.0 Å². The van der Waals surface area contributed by atoms with Crippen LogP contribution in [0.25, 0.3) is 0 Å². The monoisotopic (exact) mass is 458 g/mol. The number of nitrogens with zero attached hydrogens (tertiary/aromatic N) is 2. The standard InChI is InChI=1S/C17H19F5N2O5S/c1-11-6-7-24(30(11,26)27)12-8-16(18,19)10-23(9-12)15(25)28-13-2-4-14(5-3-13)29-17(20,21)22/h2-5,11-12H,6-10H2,1H3/t11-,12?/m1/s1. The Hall–Kier alpha value is -2.15. The van der Waals surface area contributed by atoms with E-state index in [1.807, 2.05) is 0 Å². The highest BCUT2D eigenvalue weighted by atomic mass is 32.2. The first-order chi connectivity index (χ1) is 13.8. The summed E-state index contributed by atoms with van der Waals surface area (Å²) in [4.78, 5) is 13.0. The highest BCUT2D eigenvalue weighted by Gasteiger charge is 2.49. The van der Waals surface area contributed by atoms with Crippen LogP contribution < -0.4 is 9.47 Å². The summed E-state index contributed by atoms with van der Waals surface area (Å²) in [6, 6.07) is 2.75. The number of likely N-dealkylation sites (tertiary alicyclic amines) is 1. The zero-order valence-corrected chi connectivity index (χ0v) is 16.5. The minimum atomic E-state index is -4.89. The van der Waals surface area contributed by atoms with Crippen molar-refractivity contribution < 1.29 is 44.6 Å². The fraction of sp³-hybridized carbons (Fsp3) is 0.588. The zero-order chi connectivity index (χ0) is 22.3. The normalized spacial score (nSPS) is 26.4. The number of hydrogen-bond acceptors (Lipinski definition) is 5. The van der Waals surface area contributed by atoms with Crippen molar-refractivity contribution in [3.8, 4) is 11.5 Å². The number of sulfonamides is 1. The van der Waals surface area contributed by atoms with Gasteiger partial charge in [0.1, 0.15) is 11.5 Å². The van der Waals surface area contributed by atoms with Crippen LogP contribution in [0.3, 0.4) is 0 Å². The molecule has 0 saturated carbocycles. The summed E-state index contributed by atoms with van der Waals surface area (Å²) in [5.74, 6) is -4.05. The van der Waals surface area contributed by atoms with Gasteiger partial charge >= 0.3 is 12.5 Å². The van der Waals surface area contributed by atoms with Gasteiger partial charge < -0.3 is 14.4 Å². The van der Waals surface area contributed by atoms with E-state index in [4.69, 9.17) is 4.74 Å². The number of carbonyl (C=O) groups excluding carboxylic acids is 1. The van der Waals surface area contributed by atoms with Crippen LogP contribution in [0.1, 0.15) is 19.8 Å². The lowest BCUT2D eigenvalue weighted by atomic mass is 10.0. The molecule has 30 heavy (non-hydrogen) atoms. The molecule has 0 aliphatic carbocycles. The molecule has 0 N–H and O–H groups in total. The van der Waals surface area contributed by atoms with E-state index in [0.717, 1.165) is 28.6 Å². The van der Waals surface area contributed by atoms with Crippen LogP contribution in [0.5, 0.6) is 11.5 Å². The lowest BCUT2D eigenvalue weighted by molar-refractivity contribution is -0.274. The predicted molar refractivity (Wildman–Crippen MR) is 93.8 cm³/mol. The van der Waals surface area contributed by atoms with E-state index in [2.05, 4.69) is 4.74 Å². The minimum Gasteiger partial charge on any atom is -0.410 e. The third-order valence-corrected chi connectivity index (χ3v) is 7.29. The van der Waals surface area contributed by atoms with Crippen molar-refractivity contribution in [3.63, 3.8) is 0 Å². The van der Waals surface area contributed by atoms with E-state index in [0.29, 0.717) is 11.3 Å². The molecule has 3 rings (SSSR count). The van der Waals surface area contributed by atoms with Crippen LogP contribution in [-0.4, -0.2) is 66.9 Å². The molecular formula is C17H19F5N2O5S. The summed E-state index contributed by atoms with van der Waals surface area (Å²) in [6.07, 6.45) is -6.46. The maximum Gasteiger partial charge on any atom is 0.573 e. The van der Waals surface area contributed by atoms with E-state index in [1.54, 1.807) is 0 Å². The van der Waals surface area contributed by atoms with Gasteiger partial charge in [-0.15, -0.1) is 13.2 Å². The summed E-state index contributed by atoms with van der Waals surface area (Å²) in [6.45, 7) is 0.346. The average molecular weight is 458 g/mol. The highest BCUT2D eigenvalue weighted by molar-refractivity contribution is 7.90. The van der Waals surface area contributed by atoms with Gasteiger partial charge in [0.2, 0.25) is 10.0 Å². The Bertz CT molecular complexity index is 891. The molecule has 1 aromatic carbocycles. The number of carbonyl (C=O) groups is 1. The van der Waals surface area contributed by atoms with Crippen molar-refractivity contribution in [3.05, 3.63) is 24.3 Å². The Kier molecular flexibility index (Phi) is 5.89. The highest BCUT2D eigenvalue weighted by Crippen LogP contribution is 2.34. The maximum absolute atomic E-state index is 14.2. The maximum atomic E-state index is 14.2. The second-order valence-electron chi connectivity index (χ2n) is 7.24. The van der Waals surface area contributed by atoms with Crippen molar-refractivity contribution >= 4 is 16.1 Å². The molecule has 2 atom stereocenters. The van der Waals surface area contributed by atoms with Crippen molar-refractivity contribution in [2.75, 3.05) is 19.6 Å². The Morgan fingerprint density at radius 2 is 1.77 bits per heavy atom. The van der Waals surface area contributed by atoms with E-state index in [1.165, 1.54) is 6.92 Å². The molecule has 0 bridgehead atoms. The van der Waals surface area contributed by atoms with Gasteiger partial charge in [-0.2, -0.15) is 4.31 Å². The molecule has 1 aromatic rings. The third-order valence-electron chi connectivity index (χ3n) is 4.91. The van der Waals surface area contributed by atoms with E-state index < -0.39 is 58.4 Å². The van der Waals surface area contributed by atoms with Crippen LogP contribution in [0.2, 0.25) is 0 Å². The van der Waals surface area contributed by atoms with Crippen LogP contribution >= 0.6 is 0 Å². The van der Waals surface area contributed by atoms with E-state index >= 15 is 0 Å². The fourth-order valence-corrected chi connectivity index (χ4v) is 5.27. The quantitative estimate of drug-likeness (QED) is 0.651. The first kappa shape index (κ1) is 22.5. The van der Waals surface area contributed by atoms with Gasteiger partial charge in [0.25, 0.3) is 5.92 Å². The lowest BCUT2D eigenvalue weighted by Gasteiger charge is -2.40. The van der Waals surface area contributed by atoms with Gasteiger partial charge in [-0.1, -0.05) is 0 Å². The number of piperidine rings is 1. The summed E-state index contributed by atoms with van der Waals surface area (Å²) >= 11 is 0. The molecule has 0 radical (unpaired) electrons. The minimum absolute atomic E-state index is 0.0911. The first-order valence-electron chi connectivity index (χ1n) is 8.98. The van der Waals surface area contributed by atoms with Gasteiger partial charge in [0, 0.05) is 25.6 Å². The fourth-order valence-electron chi connectivity index (χ4n) is 3.49. The topological polar surface area (TPSA) is 76.2 Å². The molecule has 2 heterocycles. The zero-order valence-electron chi connectivity index (χ0n) is 15.7. The van der Waals surface area contributed by atoms with Gasteiger partial charge in [0.05, 0.1) is 11.8 Å². The number of benzene rings is 1. The molecule has 0 spiro atoms. The molecule has 13 heteroatoms. The Morgan fingerprint density at radius 1 is 1.17 bits per heavy atom. The van der Waals surface area contributed by atoms with E-state index in [9.17, 15) is 35.2 Å². The van der Waals surface area contributed by atoms with Crippen LogP contribution in [0.15, 0.2) is 24.3 Å². The second kappa shape index (κ2) is 7.84. The van der Waals surface area contributed by atoms with E-state index in [-0.39, 0.29) is 18.8 Å². The summed E-state index contributed by atoms with van der Waals surface area (Å²) in [5, 5.41) is -0.689. The number of alkyl halides is 5. The second-order valence-corrected chi connectivity index (χ2v) is 9.54. The Balaban J connectivity index is 1.69. The summed E-state index contributed by atoms with van der Waals surface area (Å²) < 4.78 is 99.4. The SMILES string of the molecule is C[C@@H]1CCN(C2CN(C(=O)Oc3ccc(OC(F)(F)F)cc3)CC(F)(F)C2)S1(=O)=O. The number of halogens is 5. The number of ether oxygens (including phenoxy) is 2. The Labute approximate surface area is 169 Å². The van der Waals surface area contributed by atoms with Crippen LogP contribution in [-0.2, 0) is 10.0 Å². The number of hydrogen-bond donors (Lipinski definition) is 0.